The Labute approximate surface area is 134 Å². The average molecular weight is 378 g/mol. The fourth-order valence-corrected chi connectivity index (χ4v) is 3.27. The van der Waals surface area contributed by atoms with Gasteiger partial charge in [0.15, 0.2) is 5.78 Å². The lowest BCUT2D eigenvalue weighted by molar-refractivity contribution is 0.0991. The highest BCUT2D eigenvalue weighted by Crippen LogP contribution is 2.22. The van der Waals surface area contributed by atoms with Crippen LogP contribution in [0.25, 0.3) is 0 Å². The predicted molar refractivity (Wildman–Crippen MR) is 92.6 cm³/mol. The summed E-state index contributed by atoms with van der Waals surface area (Å²) in [6.45, 7) is 8.31. The number of ketones is 1. The number of hydrogen-bond acceptors (Lipinski definition) is 1. The van der Waals surface area contributed by atoms with E-state index in [4.69, 9.17) is 0 Å². The van der Waals surface area contributed by atoms with Crippen molar-refractivity contribution in [2.24, 2.45) is 0 Å². The first-order valence-electron chi connectivity index (χ1n) is 6.75. The monoisotopic (exact) mass is 378 g/mol. The third kappa shape index (κ3) is 3.11. The first kappa shape index (κ1) is 15.2. The molecule has 2 aromatic carbocycles. The minimum Gasteiger partial charge on any atom is -0.294 e. The molecule has 0 heterocycles. The van der Waals surface area contributed by atoms with Crippen LogP contribution in [0.1, 0.15) is 38.2 Å². The first-order chi connectivity index (χ1) is 9.40. The molecular weight excluding hydrogens is 359 g/mol. The van der Waals surface area contributed by atoms with Crippen molar-refractivity contribution in [1.29, 1.82) is 0 Å². The summed E-state index contributed by atoms with van der Waals surface area (Å²) in [4.78, 5) is 12.6. The van der Waals surface area contributed by atoms with Crippen molar-refractivity contribution in [2.75, 3.05) is 0 Å². The maximum Gasteiger partial charge on any atom is 0.168 e. The molecule has 0 fully saturated rings. The Hall–Kier alpha value is -1.16. The van der Waals surface area contributed by atoms with Crippen LogP contribution in [0.3, 0.4) is 0 Å². The van der Waals surface area contributed by atoms with Crippen molar-refractivity contribution in [3.05, 3.63) is 67.3 Å². The van der Waals surface area contributed by atoms with Gasteiger partial charge in [0.05, 0.1) is 0 Å². The van der Waals surface area contributed by atoms with Gasteiger partial charge in [0.1, 0.15) is 0 Å². The van der Waals surface area contributed by atoms with Crippen LogP contribution in [0.4, 0.5) is 0 Å². The quantitative estimate of drug-likeness (QED) is 0.546. The van der Waals surface area contributed by atoms with E-state index in [9.17, 15) is 4.79 Å². The van der Waals surface area contributed by atoms with Crippen molar-refractivity contribution in [2.45, 2.75) is 34.1 Å². The van der Waals surface area contributed by atoms with Gasteiger partial charge in [-0.3, -0.25) is 4.79 Å². The van der Waals surface area contributed by atoms with Gasteiger partial charge in [-0.1, -0.05) is 35.9 Å². The van der Waals surface area contributed by atoms with Gasteiger partial charge < -0.3 is 0 Å². The molecule has 2 heteroatoms. The van der Waals surface area contributed by atoms with Crippen LogP contribution in [-0.2, 0) is 6.42 Å². The summed E-state index contributed by atoms with van der Waals surface area (Å²) in [5.74, 6) is 0.202. The second-order valence-electron chi connectivity index (χ2n) is 5.41. The summed E-state index contributed by atoms with van der Waals surface area (Å²) >= 11 is 2.26. The fourth-order valence-electron chi connectivity index (χ4n) is 2.61. The van der Waals surface area contributed by atoms with Crippen molar-refractivity contribution in [3.8, 4) is 0 Å². The molecular formula is C18H19IO. The molecule has 0 aliphatic heterocycles. The van der Waals surface area contributed by atoms with E-state index in [1.807, 2.05) is 25.1 Å². The second kappa shape index (κ2) is 6.08. The van der Waals surface area contributed by atoms with Crippen molar-refractivity contribution < 1.29 is 4.79 Å². The van der Waals surface area contributed by atoms with E-state index in [1.54, 1.807) is 0 Å². The second-order valence-corrected chi connectivity index (χ2v) is 6.49. The zero-order valence-corrected chi connectivity index (χ0v) is 14.5. The lowest BCUT2D eigenvalue weighted by Crippen LogP contribution is -2.09. The van der Waals surface area contributed by atoms with Gasteiger partial charge in [0.25, 0.3) is 0 Å². The van der Waals surface area contributed by atoms with Crippen molar-refractivity contribution in [3.63, 3.8) is 0 Å². The third-order valence-corrected chi connectivity index (χ3v) is 5.10. The van der Waals surface area contributed by atoms with Crippen LogP contribution < -0.4 is 0 Å². The largest absolute Gasteiger partial charge is 0.294 e. The number of carbonyl (C=O) groups is 1. The topological polar surface area (TPSA) is 17.1 Å². The molecule has 0 unspecified atom stereocenters. The highest BCUT2D eigenvalue weighted by molar-refractivity contribution is 14.1. The van der Waals surface area contributed by atoms with Crippen LogP contribution in [0.15, 0.2) is 30.3 Å². The molecule has 0 radical (unpaired) electrons. The smallest absolute Gasteiger partial charge is 0.168 e. The standard InChI is InChI=1S/C18H19IO/c1-11-8-13(3)16(14(4)9-11)10-17(20)15-7-5-6-12(2)18(15)19/h5-9H,10H2,1-4H3. The summed E-state index contributed by atoms with van der Waals surface area (Å²) in [6.07, 6.45) is 0.484. The summed E-state index contributed by atoms with van der Waals surface area (Å²) in [7, 11) is 0. The molecule has 0 aliphatic carbocycles. The van der Waals surface area contributed by atoms with Crippen LogP contribution in [-0.4, -0.2) is 5.78 Å². The minimum atomic E-state index is 0.202. The first-order valence-corrected chi connectivity index (χ1v) is 7.83. The molecule has 2 rings (SSSR count). The highest BCUT2D eigenvalue weighted by Gasteiger charge is 2.14. The summed E-state index contributed by atoms with van der Waals surface area (Å²) < 4.78 is 1.07. The Morgan fingerprint density at radius 3 is 2.20 bits per heavy atom. The van der Waals surface area contributed by atoms with E-state index >= 15 is 0 Å². The number of carbonyl (C=O) groups excluding carboxylic acids is 1. The zero-order chi connectivity index (χ0) is 14.9. The molecule has 2 aromatic rings. The number of rotatable bonds is 3. The van der Waals surface area contributed by atoms with E-state index < -0.39 is 0 Å². The summed E-state index contributed by atoms with van der Waals surface area (Å²) in [5.41, 5.74) is 6.83. The van der Waals surface area contributed by atoms with E-state index in [1.165, 1.54) is 16.7 Å². The SMILES string of the molecule is Cc1cc(C)c(CC(=O)c2cccc(C)c2I)c(C)c1. The van der Waals surface area contributed by atoms with Gasteiger partial charge in [-0.2, -0.15) is 0 Å². The molecule has 1 nitrogen and oxygen atoms in total. The van der Waals surface area contributed by atoms with E-state index in [0.717, 1.165) is 20.3 Å². The molecule has 104 valence electrons. The zero-order valence-electron chi connectivity index (χ0n) is 12.4. The van der Waals surface area contributed by atoms with Crippen LogP contribution >= 0.6 is 22.6 Å². The molecule has 0 spiro atoms. The highest BCUT2D eigenvalue weighted by atomic mass is 127. The minimum absolute atomic E-state index is 0.202. The van der Waals surface area contributed by atoms with Crippen LogP contribution in [0.5, 0.6) is 0 Å². The van der Waals surface area contributed by atoms with Crippen LogP contribution in [0, 0.1) is 31.3 Å². The molecule has 0 aliphatic rings. The molecule has 0 N–H and O–H groups in total. The Morgan fingerprint density at radius 1 is 1.00 bits per heavy atom. The van der Waals surface area contributed by atoms with Gasteiger partial charge >= 0.3 is 0 Å². The van der Waals surface area contributed by atoms with Gasteiger partial charge in [-0.25, -0.2) is 0 Å². The number of hydrogen-bond donors (Lipinski definition) is 0. The summed E-state index contributed by atoms with van der Waals surface area (Å²) in [6, 6.07) is 10.2. The van der Waals surface area contributed by atoms with Crippen LogP contribution in [0.2, 0.25) is 0 Å². The van der Waals surface area contributed by atoms with E-state index in [2.05, 4.69) is 55.5 Å². The molecule has 0 saturated heterocycles. The van der Waals surface area contributed by atoms with Gasteiger partial charge in [-0.15, -0.1) is 0 Å². The molecule has 0 atom stereocenters. The Kier molecular flexibility index (Phi) is 4.63. The number of Topliss-reactive ketones (excluding diaryl/α,β-unsaturated/α-hetero) is 1. The summed E-state index contributed by atoms with van der Waals surface area (Å²) in [5, 5.41) is 0. The van der Waals surface area contributed by atoms with Gasteiger partial charge in [0, 0.05) is 15.6 Å². The maximum atomic E-state index is 12.6. The lowest BCUT2D eigenvalue weighted by atomic mass is 9.93. The van der Waals surface area contributed by atoms with Crippen molar-refractivity contribution in [1.82, 2.24) is 0 Å². The Bertz CT molecular complexity index is 648. The molecule has 20 heavy (non-hydrogen) atoms. The van der Waals surface area contributed by atoms with E-state index in [0.29, 0.717) is 6.42 Å². The molecule has 0 aromatic heterocycles. The number of halogens is 1. The Balaban J connectivity index is 2.36. The predicted octanol–water partition coefficient (Wildman–Crippen LogP) is 4.95. The van der Waals surface area contributed by atoms with Crippen molar-refractivity contribution >= 4 is 28.4 Å². The normalized spacial score (nSPS) is 10.7. The molecule has 0 amide bonds. The maximum absolute atomic E-state index is 12.6. The van der Waals surface area contributed by atoms with Gasteiger partial charge in [0.2, 0.25) is 0 Å². The fraction of sp³-hybridized carbons (Fsp3) is 0.278. The molecule has 0 saturated carbocycles. The third-order valence-electron chi connectivity index (χ3n) is 3.67. The lowest BCUT2D eigenvalue weighted by Gasteiger charge is -2.12. The van der Waals surface area contributed by atoms with Gasteiger partial charge in [-0.05, 0) is 72.5 Å². The van der Waals surface area contributed by atoms with E-state index in [-0.39, 0.29) is 5.78 Å². The number of aryl methyl sites for hydroxylation is 4. The molecule has 0 bridgehead atoms. The Morgan fingerprint density at radius 2 is 1.60 bits per heavy atom. The average Bonchev–Trinajstić information content (AvgIpc) is 2.36. The number of benzene rings is 2.